The van der Waals surface area contributed by atoms with Crippen LogP contribution in [0.2, 0.25) is 0 Å². The average Bonchev–Trinajstić information content (AvgIpc) is 3.25. The van der Waals surface area contributed by atoms with Crippen LogP contribution in [0, 0.1) is 12.8 Å². The van der Waals surface area contributed by atoms with E-state index in [2.05, 4.69) is 21.8 Å². The molecule has 2 aromatic rings. The van der Waals surface area contributed by atoms with Gasteiger partial charge in [-0.2, -0.15) is 0 Å². The van der Waals surface area contributed by atoms with Crippen LogP contribution < -0.4 is 0 Å². The molecule has 142 valence electrons. The fourth-order valence-electron chi connectivity index (χ4n) is 3.30. The van der Waals surface area contributed by atoms with Crippen molar-refractivity contribution in [3.63, 3.8) is 0 Å². The molecule has 3 heterocycles. The SMILES string of the molecule is Cc1ncc(CN(CCO)C(=O)c2ccc(CN3CCC(C)CC3)o2)[nH]1. The molecule has 0 radical (unpaired) electrons. The van der Waals surface area contributed by atoms with E-state index in [9.17, 15) is 9.90 Å². The zero-order valence-corrected chi connectivity index (χ0v) is 15.6. The molecular weight excluding hydrogens is 332 g/mol. The number of hydrogen-bond acceptors (Lipinski definition) is 5. The number of aryl methyl sites for hydroxylation is 1. The van der Waals surface area contributed by atoms with E-state index in [4.69, 9.17) is 4.42 Å². The molecule has 0 aliphatic carbocycles. The summed E-state index contributed by atoms with van der Waals surface area (Å²) in [5.41, 5.74) is 0.832. The third-order valence-electron chi connectivity index (χ3n) is 4.90. The maximum Gasteiger partial charge on any atom is 0.289 e. The van der Waals surface area contributed by atoms with Crippen molar-refractivity contribution in [3.05, 3.63) is 41.4 Å². The van der Waals surface area contributed by atoms with Crippen LogP contribution in [0.1, 0.15) is 47.6 Å². The second-order valence-electron chi connectivity index (χ2n) is 7.17. The second-order valence-corrected chi connectivity index (χ2v) is 7.17. The average molecular weight is 360 g/mol. The molecular formula is C19H28N4O3. The van der Waals surface area contributed by atoms with E-state index in [0.29, 0.717) is 12.3 Å². The number of carbonyl (C=O) groups is 1. The first-order valence-corrected chi connectivity index (χ1v) is 9.27. The van der Waals surface area contributed by atoms with Gasteiger partial charge in [-0.05, 0) is 50.9 Å². The molecule has 26 heavy (non-hydrogen) atoms. The lowest BCUT2D eigenvalue weighted by molar-refractivity contribution is 0.0669. The number of aliphatic hydroxyl groups excluding tert-OH is 1. The number of furan rings is 1. The normalized spacial score (nSPS) is 16.1. The molecule has 0 saturated carbocycles. The fourth-order valence-corrected chi connectivity index (χ4v) is 3.30. The van der Waals surface area contributed by atoms with Crippen molar-refractivity contribution in [1.29, 1.82) is 0 Å². The van der Waals surface area contributed by atoms with Crippen molar-refractivity contribution in [2.24, 2.45) is 5.92 Å². The first-order chi connectivity index (χ1) is 12.5. The highest BCUT2D eigenvalue weighted by atomic mass is 16.4. The van der Waals surface area contributed by atoms with Gasteiger partial charge in [0.2, 0.25) is 0 Å². The van der Waals surface area contributed by atoms with Gasteiger partial charge < -0.3 is 19.4 Å². The van der Waals surface area contributed by atoms with E-state index in [0.717, 1.165) is 42.8 Å². The summed E-state index contributed by atoms with van der Waals surface area (Å²) in [6.07, 6.45) is 4.12. The van der Waals surface area contributed by atoms with Crippen molar-refractivity contribution in [1.82, 2.24) is 19.8 Å². The molecule has 1 aliphatic rings. The topological polar surface area (TPSA) is 85.6 Å². The maximum absolute atomic E-state index is 12.8. The smallest absolute Gasteiger partial charge is 0.289 e. The molecule has 0 bridgehead atoms. The lowest BCUT2D eigenvalue weighted by atomic mass is 9.99. The zero-order chi connectivity index (χ0) is 18.5. The number of amides is 1. The molecule has 1 fully saturated rings. The Morgan fingerprint density at radius 3 is 2.85 bits per heavy atom. The van der Waals surface area contributed by atoms with Crippen molar-refractivity contribution in [2.45, 2.75) is 39.8 Å². The Labute approximate surface area is 154 Å². The first kappa shape index (κ1) is 18.7. The van der Waals surface area contributed by atoms with E-state index in [-0.39, 0.29) is 19.1 Å². The van der Waals surface area contributed by atoms with Gasteiger partial charge in [-0.15, -0.1) is 0 Å². The van der Waals surface area contributed by atoms with Crippen LogP contribution in [0.3, 0.4) is 0 Å². The van der Waals surface area contributed by atoms with E-state index in [1.165, 1.54) is 12.8 Å². The van der Waals surface area contributed by atoms with E-state index in [1.807, 2.05) is 13.0 Å². The van der Waals surface area contributed by atoms with Crippen LogP contribution in [0.4, 0.5) is 0 Å². The van der Waals surface area contributed by atoms with Gasteiger partial charge in [0, 0.05) is 6.54 Å². The summed E-state index contributed by atoms with van der Waals surface area (Å²) < 4.78 is 5.80. The Morgan fingerprint density at radius 1 is 1.42 bits per heavy atom. The lowest BCUT2D eigenvalue weighted by Gasteiger charge is -2.29. The summed E-state index contributed by atoms with van der Waals surface area (Å²) in [6, 6.07) is 3.61. The van der Waals surface area contributed by atoms with Gasteiger partial charge in [0.05, 0.1) is 31.6 Å². The Morgan fingerprint density at radius 2 is 2.19 bits per heavy atom. The van der Waals surface area contributed by atoms with Gasteiger partial charge in [-0.25, -0.2) is 4.98 Å². The molecule has 0 atom stereocenters. The summed E-state index contributed by atoms with van der Waals surface area (Å²) in [7, 11) is 0. The number of carbonyl (C=O) groups excluding carboxylic acids is 1. The number of rotatable bonds is 7. The van der Waals surface area contributed by atoms with Crippen molar-refractivity contribution >= 4 is 5.91 Å². The quantitative estimate of drug-likeness (QED) is 0.790. The minimum Gasteiger partial charge on any atom is -0.455 e. The highest BCUT2D eigenvalue weighted by Crippen LogP contribution is 2.20. The standard InChI is InChI=1S/C19H28N4O3/c1-14-5-7-22(8-6-14)13-17-3-4-18(26-17)19(25)23(9-10-24)12-16-11-20-15(2)21-16/h3-4,11,14,24H,5-10,12-13H2,1-2H3,(H,20,21). The molecule has 2 N–H and O–H groups in total. The summed E-state index contributed by atoms with van der Waals surface area (Å²) in [5.74, 6) is 2.50. The lowest BCUT2D eigenvalue weighted by Crippen LogP contribution is -2.33. The first-order valence-electron chi connectivity index (χ1n) is 9.27. The Kier molecular flexibility index (Phi) is 6.11. The van der Waals surface area contributed by atoms with E-state index in [1.54, 1.807) is 17.2 Å². The molecule has 0 spiro atoms. The highest BCUT2D eigenvalue weighted by molar-refractivity contribution is 5.91. The van der Waals surface area contributed by atoms with Gasteiger partial charge in [0.1, 0.15) is 11.6 Å². The third kappa shape index (κ3) is 4.74. The van der Waals surface area contributed by atoms with Crippen LogP contribution in [0.5, 0.6) is 0 Å². The van der Waals surface area contributed by atoms with Gasteiger partial charge in [-0.1, -0.05) is 6.92 Å². The summed E-state index contributed by atoms with van der Waals surface area (Å²) >= 11 is 0. The number of nitrogens with one attached hydrogen (secondary N) is 1. The third-order valence-corrected chi connectivity index (χ3v) is 4.90. The summed E-state index contributed by atoms with van der Waals surface area (Å²) in [6.45, 7) is 7.54. The van der Waals surface area contributed by atoms with Crippen LogP contribution in [0.15, 0.2) is 22.7 Å². The number of nitrogens with zero attached hydrogens (tertiary/aromatic N) is 3. The predicted molar refractivity (Wildman–Crippen MR) is 97.5 cm³/mol. The number of H-pyrrole nitrogens is 1. The van der Waals surface area contributed by atoms with Crippen molar-refractivity contribution in [3.8, 4) is 0 Å². The second kappa shape index (κ2) is 8.51. The molecule has 2 aromatic heterocycles. The largest absolute Gasteiger partial charge is 0.455 e. The Bertz CT molecular complexity index is 716. The number of likely N-dealkylation sites (tertiary alicyclic amines) is 1. The fraction of sp³-hybridized carbons (Fsp3) is 0.579. The molecule has 0 aromatic carbocycles. The molecule has 7 nitrogen and oxygen atoms in total. The van der Waals surface area contributed by atoms with Crippen LogP contribution in [-0.4, -0.2) is 57.0 Å². The molecule has 1 aliphatic heterocycles. The molecule has 1 amide bonds. The highest BCUT2D eigenvalue weighted by Gasteiger charge is 2.22. The number of imidazole rings is 1. The summed E-state index contributed by atoms with van der Waals surface area (Å²) in [5, 5.41) is 9.30. The number of aromatic nitrogens is 2. The number of aliphatic hydroxyl groups is 1. The monoisotopic (exact) mass is 360 g/mol. The van der Waals surface area contributed by atoms with E-state index < -0.39 is 0 Å². The van der Waals surface area contributed by atoms with Crippen molar-refractivity contribution < 1.29 is 14.3 Å². The number of piperidine rings is 1. The Balaban J connectivity index is 1.62. The van der Waals surface area contributed by atoms with E-state index >= 15 is 0 Å². The Hall–Kier alpha value is -2.12. The van der Waals surface area contributed by atoms with Gasteiger partial charge in [0.25, 0.3) is 5.91 Å². The number of aromatic amines is 1. The van der Waals surface area contributed by atoms with Gasteiger partial charge in [0.15, 0.2) is 5.76 Å². The summed E-state index contributed by atoms with van der Waals surface area (Å²) in [4.78, 5) is 24.0. The molecule has 0 unspecified atom stereocenters. The molecule has 1 saturated heterocycles. The minimum atomic E-state index is -0.218. The van der Waals surface area contributed by atoms with Crippen LogP contribution in [0.25, 0.3) is 0 Å². The maximum atomic E-state index is 12.8. The van der Waals surface area contributed by atoms with Crippen LogP contribution in [-0.2, 0) is 13.1 Å². The number of hydrogen-bond donors (Lipinski definition) is 2. The van der Waals surface area contributed by atoms with Crippen LogP contribution >= 0.6 is 0 Å². The predicted octanol–water partition coefficient (Wildman–Crippen LogP) is 2.18. The molecule has 7 heteroatoms. The zero-order valence-electron chi connectivity index (χ0n) is 15.6. The van der Waals surface area contributed by atoms with Gasteiger partial charge >= 0.3 is 0 Å². The molecule has 3 rings (SSSR count). The van der Waals surface area contributed by atoms with Crippen molar-refractivity contribution in [2.75, 3.05) is 26.2 Å². The minimum absolute atomic E-state index is 0.0988. The van der Waals surface area contributed by atoms with Gasteiger partial charge in [-0.3, -0.25) is 9.69 Å².